The normalized spacial score (nSPS) is 12.9. The van der Waals surface area contributed by atoms with Crippen LogP contribution in [0.3, 0.4) is 0 Å². The molecular formula is C11H19N3. The van der Waals surface area contributed by atoms with Gasteiger partial charge in [0.15, 0.2) is 0 Å². The molecule has 0 saturated heterocycles. The Balaban J connectivity index is 2.97. The van der Waals surface area contributed by atoms with Crippen LogP contribution >= 0.6 is 0 Å². The second-order valence-electron chi connectivity index (χ2n) is 3.64. The summed E-state index contributed by atoms with van der Waals surface area (Å²) in [4.78, 5) is 0. The van der Waals surface area contributed by atoms with Gasteiger partial charge in [-0.15, -0.1) is 0 Å². The summed E-state index contributed by atoms with van der Waals surface area (Å²) in [6, 6.07) is 2.18. The van der Waals surface area contributed by atoms with Crippen molar-refractivity contribution in [2.75, 3.05) is 0 Å². The van der Waals surface area contributed by atoms with E-state index >= 15 is 0 Å². The van der Waals surface area contributed by atoms with E-state index in [-0.39, 0.29) is 6.04 Å². The van der Waals surface area contributed by atoms with Crippen LogP contribution in [0.1, 0.15) is 49.7 Å². The molecule has 1 rings (SSSR count). The number of aryl methyl sites for hydroxylation is 2. The first-order valence-electron chi connectivity index (χ1n) is 5.27. The molecule has 1 aromatic rings. The van der Waals surface area contributed by atoms with Crippen LogP contribution in [0.4, 0.5) is 0 Å². The number of nitrogens with two attached hydrogens (primary N) is 1. The number of aromatic nitrogens is 2. The molecule has 3 nitrogen and oxygen atoms in total. The fourth-order valence-corrected chi connectivity index (χ4v) is 1.60. The lowest BCUT2D eigenvalue weighted by molar-refractivity contribution is 0.623. The predicted octanol–water partition coefficient (Wildman–Crippen LogP) is 2.15. The van der Waals surface area contributed by atoms with Gasteiger partial charge in [-0.05, 0) is 31.4 Å². The second-order valence-corrected chi connectivity index (χ2v) is 3.64. The fourth-order valence-electron chi connectivity index (χ4n) is 1.60. The van der Waals surface area contributed by atoms with Crippen molar-refractivity contribution in [2.24, 2.45) is 5.73 Å². The molecule has 0 aliphatic heterocycles. The summed E-state index contributed by atoms with van der Waals surface area (Å²) < 4.78 is 0. The molecule has 0 aliphatic carbocycles. The van der Waals surface area contributed by atoms with Crippen molar-refractivity contribution in [3.8, 4) is 0 Å². The van der Waals surface area contributed by atoms with Crippen LogP contribution in [0, 0.1) is 6.92 Å². The Hall–Kier alpha value is -0.960. The maximum Gasteiger partial charge on any atom is 0.0676 e. The minimum atomic E-state index is 0.115. The van der Waals surface area contributed by atoms with E-state index in [1.54, 1.807) is 0 Å². The van der Waals surface area contributed by atoms with Crippen LogP contribution in [0.5, 0.6) is 0 Å². The molecule has 0 aromatic carbocycles. The van der Waals surface area contributed by atoms with Gasteiger partial charge < -0.3 is 5.73 Å². The highest BCUT2D eigenvalue weighted by Gasteiger charge is 2.11. The Bertz CT molecular complexity index is 297. The van der Waals surface area contributed by atoms with E-state index in [9.17, 15) is 0 Å². The highest BCUT2D eigenvalue weighted by atomic mass is 15.1. The minimum Gasteiger partial charge on any atom is -0.324 e. The van der Waals surface area contributed by atoms with Crippen molar-refractivity contribution in [3.63, 3.8) is 0 Å². The molecule has 3 heteroatoms. The lowest BCUT2D eigenvalue weighted by Crippen LogP contribution is -2.14. The standard InChI is InChI=1S/C11H19N3/c1-4-6-10(12)9-7-8(3)13-14-11(9)5-2/h7,10H,4-6,12H2,1-3H3. The first-order valence-corrected chi connectivity index (χ1v) is 5.27. The van der Waals surface area contributed by atoms with E-state index < -0.39 is 0 Å². The van der Waals surface area contributed by atoms with Gasteiger partial charge in [-0.1, -0.05) is 20.3 Å². The van der Waals surface area contributed by atoms with E-state index in [0.717, 1.165) is 30.7 Å². The van der Waals surface area contributed by atoms with Gasteiger partial charge in [-0.2, -0.15) is 10.2 Å². The van der Waals surface area contributed by atoms with Crippen LogP contribution in [0.2, 0.25) is 0 Å². The highest BCUT2D eigenvalue weighted by Crippen LogP contribution is 2.19. The molecule has 1 heterocycles. The van der Waals surface area contributed by atoms with Crippen molar-refractivity contribution < 1.29 is 0 Å². The minimum absolute atomic E-state index is 0.115. The SMILES string of the molecule is CCCC(N)c1cc(C)nnc1CC. The lowest BCUT2D eigenvalue weighted by Gasteiger charge is -2.14. The Morgan fingerprint density at radius 3 is 2.64 bits per heavy atom. The highest BCUT2D eigenvalue weighted by molar-refractivity contribution is 5.24. The zero-order valence-corrected chi connectivity index (χ0v) is 9.25. The van der Waals surface area contributed by atoms with Gasteiger partial charge in [0.25, 0.3) is 0 Å². The Labute approximate surface area is 85.7 Å². The van der Waals surface area contributed by atoms with Crippen molar-refractivity contribution in [3.05, 3.63) is 23.0 Å². The van der Waals surface area contributed by atoms with Gasteiger partial charge in [0.2, 0.25) is 0 Å². The number of rotatable bonds is 4. The van der Waals surface area contributed by atoms with E-state index in [1.165, 1.54) is 5.56 Å². The van der Waals surface area contributed by atoms with Crippen molar-refractivity contribution >= 4 is 0 Å². The molecule has 0 amide bonds. The van der Waals surface area contributed by atoms with Gasteiger partial charge in [-0.25, -0.2) is 0 Å². The van der Waals surface area contributed by atoms with Crippen molar-refractivity contribution in [1.29, 1.82) is 0 Å². The summed E-state index contributed by atoms with van der Waals surface area (Å²) in [6.07, 6.45) is 3.02. The summed E-state index contributed by atoms with van der Waals surface area (Å²) in [5, 5.41) is 8.22. The first kappa shape index (κ1) is 11.1. The Kier molecular flexibility index (Phi) is 4.01. The summed E-state index contributed by atoms with van der Waals surface area (Å²) in [5.41, 5.74) is 9.24. The molecular weight excluding hydrogens is 174 g/mol. The second kappa shape index (κ2) is 5.05. The zero-order chi connectivity index (χ0) is 10.6. The molecule has 1 unspecified atom stereocenters. The number of nitrogens with zero attached hydrogens (tertiary/aromatic N) is 2. The zero-order valence-electron chi connectivity index (χ0n) is 9.25. The van der Waals surface area contributed by atoms with Crippen LogP contribution in [-0.4, -0.2) is 10.2 Å². The van der Waals surface area contributed by atoms with Gasteiger partial charge in [-0.3, -0.25) is 0 Å². The summed E-state index contributed by atoms with van der Waals surface area (Å²) >= 11 is 0. The monoisotopic (exact) mass is 193 g/mol. The molecule has 0 saturated carbocycles. The van der Waals surface area contributed by atoms with E-state index in [0.29, 0.717) is 0 Å². The van der Waals surface area contributed by atoms with Gasteiger partial charge >= 0.3 is 0 Å². The van der Waals surface area contributed by atoms with Gasteiger partial charge in [0.1, 0.15) is 0 Å². The largest absolute Gasteiger partial charge is 0.324 e. The fraction of sp³-hybridized carbons (Fsp3) is 0.636. The summed E-state index contributed by atoms with van der Waals surface area (Å²) in [7, 11) is 0. The Morgan fingerprint density at radius 2 is 2.07 bits per heavy atom. The maximum absolute atomic E-state index is 6.08. The van der Waals surface area contributed by atoms with E-state index in [4.69, 9.17) is 5.73 Å². The Morgan fingerprint density at radius 1 is 1.36 bits per heavy atom. The maximum atomic E-state index is 6.08. The molecule has 1 atom stereocenters. The molecule has 1 aromatic heterocycles. The van der Waals surface area contributed by atoms with Crippen LogP contribution in [-0.2, 0) is 6.42 Å². The average molecular weight is 193 g/mol. The number of hydrogen-bond donors (Lipinski definition) is 1. The quantitative estimate of drug-likeness (QED) is 0.797. The third-order valence-electron chi connectivity index (χ3n) is 2.36. The van der Waals surface area contributed by atoms with Gasteiger partial charge in [0, 0.05) is 6.04 Å². The van der Waals surface area contributed by atoms with Crippen LogP contribution in [0.25, 0.3) is 0 Å². The molecule has 0 fully saturated rings. The van der Waals surface area contributed by atoms with Crippen molar-refractivity contribution in [2.45, 2.75) is 46.1 Å². The first-order chi connectivity index (χ1) is 6.69. The molecule has 14 heavy (non-hydrogen) atoms. The van der Waals surface area contributed by atoms with Crippen LogP contribution in [0.15, 0.2) is 6.07 Å². The molecule has 0 spiro atoms. The molecule has 2 N–H and O–H groups in total. The van der Waals surface area contributed by atoms with Gasteiger partial charge in [0.05, 0.1) is 11.4 Å². The number of hydrogen-bond acceptors (Lipinski definition) is 3. The molecule has 0 aliphatic rings. The molecule has 78 valence electrons. The summed E-state index contributed by atoms with van der Waals surface area (Å²) in [6.45, 7) is 6.18. The molecule has 0 bridgehead atoms. The van der Waals surface area contributed by atoms with E-state index in [2.05, 4.69) is 30.1 Å². The predicted molar refractivity (Wildman–Crippen MR) is 58.0 cm³/mol. The van der Waals surface area contributed by atoms with Crippen LogP contribution < -0.4 is 5.73 Å². The topological polar surface area (TPSA) is 51.8 Å². The average Bonchev–Trinajstić information content (AvgIpc) is 2.18. The smallest absolute Gasteiger partial charge is 0.0676 e. The van der Waals surface area contributed by atoms with E-state index in [1.807, 2.05) is 6.92 Å². The summed E-state index contributed by atoms with van der Waals surface area (Å²) in [5.74, 6) is 0. The lowest BCUT2D eigenvalue weighted by atomic mass is 10.0. The molecule has 0 radical (unpaired) electrons. The third-order valence-corrected chi connectivity index (χ3v) is 2.36. The van der Waals surface area contributed by atoms with Crippen molar-refractivity contribution in [1.82, 2.24) is 10.2 Å². The third kappa shape index (κ3) is 2.51.